The van der Waals surface area contributed by atoms with Crippen LogP contribution in [0.15, 0.2) is 78.4 Å². The van der Waals surface area contributed by atoms with E-state index in [1.54, 1.807) is 0 Å². The fourth-order valence-electron chi connectivity index (χ4n) is 4.95. The lowest BCUT2D eigenvalue weighted by molar-refractivity contribution is -0.138. The Labute approximate surface area is 168 Å². The van der Waals surface area contributed by atoms with E-state index < -0.39 is 17.4 Å². The van der Waals surface area contributed by atoms with Crippen LogP contribution in [-0.4, -0.2) is 26.2 Å². The zero-order valence-corrected chi connectivity index (χ0v) is 16.1. The van der Waals surface area contributed by atoms with Crippen LogP contribution in [0.4, 0.5) is 0 Å². The average Bonchev–Trinajstić information content (AvgIpc) is 3.25. The first-order chi connectivity index (χ1) is 14.2. The molecule has 1 spiro atoms. The molecule has 0 aliphatic heterocycles. The first-order valence-corrected chi connectivity index (χ1v) is 9.37. The van der Waals surface area contributed by atoms with Gasteiger partial charge >= 0.3 is 11.9 Å². The summed E-state index contributed by atoms with van der Waals surface area (Å²) in [5.74, 6) is -1.08. The number of methoxy groups -OCH3 is 2. The van der Waals surface area contributed by atoms with Crippen LogP contribution < -0.4 is 0 Å². The highest BCUT2D eigenvalue weighted by atomic mass is 16.5. The molecule has 0 unspecified atom stereocenters. The zero-order valence-electron chi connectivity index (χ0n) is 16.1. The molecule has 29 heavy (non-hydrogen) atoms. The summed E-state index contributed by atoms with van der Waals surface area (Å²) >= 11 is 0. The van der Waals surface area contributed by atoms with Crippen molar-refractivity contribution >= 4 is 17.5 Å². The lowest BCUT2D eigenvalue weighted by atomic mass is 9.69. The van der Waals surface area contributed by atoms with E-state index in [1.807, 2.05) is 60.7 Å². The van der Waals surface area contributed by atoms with Crippen LogP contribution in [0.5, 0.6) is 0 Å². The summed E-state index contributed by atoms with van der Waals surface area (Å²) in [5, 5.41) is 0. The predicted molar refractivity (Wildman–Crippen MR) is 109 cm³/mol. The van der Waals surface area contributed by atoms with Gasteiger partial charge in [-0.05, 0) is 33.4 Å². The van der Waals surface area contributed by atoms with Gasteiger partial charge in [-0.1, -0.05) is 72.8 Å². The van der Waals surface area contributed by atoms with Crippen molar-refractivity contribution in [2.24, 2.45) is 0 Å². The third-order valence-electron chi connectivity index (χ3n) is 5.96. The highest BCUT2D eigenvalue weighted by Gasteiger charge is 2.56. The minimum Gasteiger partial charge on any atom is -0.466 e. The van der Waals surface area contributed by atoms with Crippen LogP contribution in [0.1, 0.15) is 22.3 Å². The van der Waals surface area contributed by atoms with Gasteiger partial charge < -0.3 is 9.47 Å². The lowest BCUT2D eigenvalue weighted by Crippen LogP contribution is -2.32. The first kappa shape index (κ1) is 17.4. The van der Waals surface area contributed by atoms with Gasteiger partial charge in [-0.15, -0.1) is 0 Å². The number of esters is 2. The molecule has 0 N–H and O–H groups in total. The van der Waals surface area contributed by atoms with E-state index in [1.165, 1.54) is 14.2 Å². The molecule has 0 saturated carbocycles. The number of ether oxygens (including phenoxy) is 2. The van der Waals surface area contributed by atoms with Crippen molar-refractivity contribution in [3.63, 3.8) is 0 Å². The van der Waals surface area contributed by atoms with E-state index in [2.05, 4.69) is 12.1 Å². The quantitative estimate of drug-likeness (QED) is 0.626. The highest BCUT2D eigenvalue weighted by molar-refractivity contribution is 6.27. The summed E-state index contributed by atoms with van der Waals surface area (Å²) < 4.78 is 10.3. The Kier molecular flexibility index (Phi) is 3.71. The monoisotopic (exact) mass is 382 g/mol. The minimum absolute atomic E-state index is 0.265. The maximum absolute atomic E-state index is 13.2. The van der Waals surface area contributed by atoms with Gasteiger partial charge in [0, 0.05) is 0 Å². The Balaban J connectivity index is 2.02. The highest BCUT2D eigenvalue weighted by Crippen LogP contribution is 2.61. The average molecular weight is 382 g/mol. The number of fused-ring (bicyclic) bond motifs is 7. The molecule has 0 atom stereocenters. The Bertz CT molecular complexity index is 1170. The molecule has 4 heteroatoms. The predicted octanol–water partition coefficient (Wildman–Crippen LogP) is 4.11. The number of hydrogen-bond donors (Lipinski definition) is 0. The molecule has 0 heterocycles. The smallest absolute Gasteiger partial charge is 0.339 e. The molecule has 5 rings (SSSR count). The van der Waals surface area contributed by atoms with Gasteiger partial charge in [0.25, 0.3) is 0 Å². The third-order valence-corrected chi connectivity index (χ3v) is 5.96. The summed E-state index contributed by atoms with van der Waals surface area (Å²) in [7, 11) is 2.67. The van der Waals surface area contributed by atoms with Crippen molar-refractivity contribution in [2.75, 3.05) is 14.2 Å². The second-order valence-corrected chi connectivity index (χ2v) is 7.12. The van der Waals surface area contributed by atoms with Crippen molar-refractivity contribution < 1.29 is 19.1 Å². The van der Waals surface area contributed by atoms with Crippen LogP contribution >= 0.6 is 0 Å². The molecule has 0 fully saturated rings. The van der Waals surface area contributed by atoms with Gasteiger partial charge in [-0.2, -0.15) is 0 Å². The molecule has 0 bridgehead atoms. The summed E-state index contributed by atoms with van der Waals surface area (Å²) in [6, 6.07) is 23.7. The number of hydrogen-bond acceptors (Lipinski definition) is 4. The molecule has 0 saturated heterocycles. The number of carbonyl (C=O) groups is 2. The topological polar surface area (TPSA) is 52.6 Å². The van der Waals surface area contributed by atoms with E-state index in [4.69, 9.17) is 9.47 Å². The Hall–Kier alpha value is -3.66. The van der Waals surface area contributed by atoms with Crippen LogP contribution in [0.25, 0.3) is 16.7 Å². The second kappa shape index (κ2) is 6.17. The van der Waals surface area contributed by atoms with E-state index in [0.29, 0.717) is 11.1 Å². The number of rotatable bonds is 2. The number of benzene rings is 3. The van der Waals surface area contributed by atoms with Crippen LogP contribution in [-0.2, 0) is 24.5 Å². The summed E-state index contributed by atoms with van der Waals surface area (Å²) in [6.07, 6.45) is 0. The normalized spacial score (nSPS) is 15.0. The van der Waals surface area contributed by atoms with Crippen LogP contribution in [0, 0.1) is 0 Å². The summed E-state index contributed by atoms with van der Waals surface area (Å²) in [5.41, 5.74) is 5.27. The Morgan fingerprint density at radius 3 is 1.52 bits per heavy atom. The van der Waals surface area contributed by atoms with Gasteiger partial charge in [-0.25, -0.2) is 9.59 Å². The van der Waals surface area contributed by atoms with Crippen LogP contribution in [0.2, 0.25) is 0 Å². The second-order valence-electron chi connectivity index (χ2n) is 7.12. The SMILES string of the molecule is COC(=O)C1=C(C(=O)OC)C2(c3ccccc31)c1ccccc1-c1ccccc12. The number of carbonyl (C=O) groups excluding carboxylic acids is 2. The molecule has 0 radical (unpaired) electrons. The Morgan fingerprint density at radius 2 is 1.03 bits per heavy atom. The fourth-order valence-corrected chi connectivity index (χ4v) is 4.95. The third kappa shape index (κ3) is 2.03. The lowest BCUT2D eigenvalue weighted by Gasteiger charge is -2.31. The molecule has 0 amide bonds. The molecule has 2 aliphatic rings. The van der Waals surface area contributed by atoms with Gasteiger partial charge in [0.05, 0.1) is 30.8 Å². The fraction of sp³-hybridized carbons (Fsp3) is 0.120. The van der Waals surface area contributed by atoms with Crippen molar-refractivity contribution in [3.8, 4) is 11.1 Å². The summed E-state index contributed by atoms with van der Waals surface area (Å²) in [6.45, 7) is 0. The molecule has 142 valence electrons. The molecule has 0 aromatic heterocycles. The molecule has 4 nitrogen and oxygen atoms in total. The van der Waals surface area contributed by atoms with Gasteiger partial charge in [0.15, 0.2) is 0 Å². The van der Waals surface area contributed by atoms with Crippen molar-refractivity contribution in [2.45, 2.75) is 5.41 Å². The molecular formula is C25H18O4. The van der Waals surface area contributed by atoms with Gasteiger partial charge in [0.2, 0.25) is 0 Å². The maximum Gasteiger partial charge on any atom is 0.339 e. The maximum atomic E-state index is 13.2. The minimum atomic E-state index is -0.916. The van der Waals surface area contributed by atoms with Crippen molar-refractivity contribution in [1.82, 2.24) is 0 Å². The van der Waals surface area contributed by atoms with E-state index in [-0.39, 0.29) is 5.57 Å². The van der Waals surface area contributed by atoms with Crippen LogP contribution in [0.3, 0.4) is 0 Å². The molecule has 2 aliphatic carbocycles. The van der Waals surface area contributed by atoms with Gasteiger partial charge in [0.1, 0.15) is 0 Å². The van der Waals surface area contributed by atoms with E-state index in [9.17, 15) is 9.59 Å². The van der Waals surface area contributed by atoms with E-state index in [0.717, 1.165) is 27.8 Å². The zero-order chi connectivity index (χ0) is 20.2. The molecular weight excluding hydrogens is 364 g/mol. The molecule has 3 aromatic rings. The van der Waals surface area contributed by atoms with E-state index >= 15 is 0 Å². The molecule has 3 aromatic carbocycles. The van der Waals surface area contributed by atoms with Crippen molar-refractivity contribution in [1.29, 1.82) is 0 Å². The summed E-state index contributed by atoms with van der Waals surface area (Å²) in [4.78, 5) is 26.1. The van der Waals surface area contributed by atoms with Gasteiger partial charge in [-0.3, -0.25) is 0 Å². The first-order valence-electron chi connectivity index (χ1n) is 9.37. The largest absolute Gasteiger partial charge is 0.466 e. The Morgan fingerprint density at radius 1 is 0.621 bits per heavy atom. The standard InChI is InChI=1S/C25H18O4/c1-28-23(26)21-17-11-5-8-14-20(17)25(22(21)24(27)29-2)18-12-6-3-9-15(18)16-10-4-7-13-19(16)25/h3-14H,1-2H3. The van der Waals surface area contributed by atoms with Crippen molar-refractivity contribution in [3.05, 3.63) is 101 Å².